The van der Waals surface area contributed by atoms with E-state index in [4.69, 9.17) is 9.47 Å². The number of ether oxygens (including phenoxy) is 2. The van der Waals surface area contributed by atoms with Crippen LogP contribution in [0.2, 0.25) is 0 Å². The van der Waals surface area contributed by atoms with Crippen LogP contribution >= 0.6 is 0 Å². The lowest BCUT2D eigenvalue weighted by molar-refractivity contribution is -0.140. The monoisotopic (exact) mass is 434 g/mol. The highest BCUT2D eigenvalue weighted by molar-refractivity contribution is 5.98. The molecule has 0 bridgehead atoms. The lowest BCUT2D eigenvalue weighted by atomic mass is 10.1. The number of nitriles is 1. The number of carbonyl (C=O) groups excluding carboxylic acids is 1. The summed E-state index contributed by atoms with van der Waals surface area (Å²) in [7, 11) is 1.62. The molecule has 1 aromatic carbocycles. The Labute approximate surface area is 186 Å². The number of hydrogen-bond acceptors (Lipinski definition) is 7. The number of methoxy groups -OCH3 is 1. The molecular weight excluding hydrogens is 408 g/mol. The summed E-state index contributed by atoms with van der Waals surface area (Å²) in [5, 5.41) is 21.0. The van der Waals surface area contributed by atoms with E-state index < -0.39 is 5.97 Å². The van der Waals surface area contributed by atoms with E-state index in [9.17, 15) is 10.1 Å². The largest absolute Gasteiger partial charge is 0.497 e. The molecule has 2 aromatic heterocycles. The summed E-state index contributed by atoms with van der Waals surface area (Å²) in [4.78, 5) is 12.5. The van der Waals surface area contributed by atoms with Crippen LogP contribution in [0, 0.1) is 25.2 Å². The third-order valence-electron chi connectivity index (χ3n) is 5.10. The van der Waals surface area contributed by atoms with Gasteiger partial charge in [0.05, 0.1) is 7.11 Å². The topological polar surface area (TPSA) is 108 Å². The zero-order valence-electron chi connectivity index (χ0n) is 18.7. The number of unbranched alkanes of at least 4 members (excludes halogenated alkanes) is 1. The van der Waals surface area contributed by atoms with Crippen molar-refractivity contribution in [1.29, 1.82) is 5.26 Å². The Kier molecular flexibility index (Phi) is 7.39. The van der Waals surface area contributed by atoms with Gasteiger partial charge in [0.15, 0.2) is 12.4 Å². The first-order valence-corrected chi connectivity index (χ1v) is 10.4. The first-order valence-electron chi connectivity index (χ1n) is 10.4. The number of aryl methyl sites for hydroxylation is 2. The first kappa shape index (κ1) is 22.7. The molecule has 166 valence electrons. The molecule has 3 aromatic rings. The van der Waals surface area contributed by atoms with E-state index >= 15 is 0 Å². The van der Waals surface area contributed by atoms with Gasteiger partial charge in [-0.25, -0.2) is 9.48 Å². The fraction of sp³-hybridized carbons (Fsp3) is 0.348. The molecule has 9 nitrogen and oxygen atoms in total. The maximum absolute atomic E-state index is 12.5. The summed E-state index contributed by atoms with van der Waals surface area (Å²) in [6.45, 7) is 6.52. The molecule has 32 heavy (non-hydrogen) atoms. The van der Waals surface area contributed by atoms with Gasteiger partial charge >= 0.3 is 5.97 Å². The van der Waals surface area contributed by atoms with Crippen molar-refractivity contribution in [3.63, 3.8) is 0 Å². The molecule has 0 atom stereocenters. The van der Waals surface area contributed by atoms with Crippen molar-refractivity contribution in [2.24, 2.45) is 0 Å². The van der Waals surface area contributed by atoms with Gasteiger partial charge in [0.2, 0.25) is 0 Å². The van der Waals surface area contributed by atoms with Gasteiger partial charge in [0.1, 0.15) is 17.4 Å². The van der Waals surface area contributed by atoms with Gasteiger partial charge in [-0.15, -0.1) is 5.10 Å². The Balaban J connectivity index is 1.78. The summed E-state index contributed by atoms with van der Waals surface area (Å²) in [5.41, 5.74) is 3.50. The van der Waals surface area contributed by atoms with E-state index in [-0.39, 0.29) is 12.2 Å². The Morgan fingerprint density at radius 3 is 2.66 bits per heavy atom. The molecule has 3 rings (SSSR count). The minimum Gasteiger partial charge on any atom is -0.497 e. The van der Waals surface area contributed by atoms with Crippen LogP contribution in [0.5, 0.6) is 5.75 Å². The molecule has 0 radical (unpaired) electrons. The minimum absolute atomic E-state index is 0.0902. The number of hydrogen-bond donors (Lipinski definition) is 0. The number of tetrazole rings is 1. The van der Waals surface area contributed by atoms with E-state index in [2.05, 4.69) is 22.4 Å². The summed E-state index contributed by atoms with van der Waals surface area (Å²) in [5.74, 6) is 0.500. The molecule has 0 aliphatic rings. The van der Waals surface area contributed by atoms with Gasteiger partial charge in [-0.3, -0.25) is 0 Å². The quantitative estimate of drug-likeness (QED) is 0.288. The van der Waals surface area contributed by atoms with Crippen LogP contribution in [-0.2, 0) is 22.7 Å². The number of rotatable bonds is 9. The van der Waals surface area contributed by atoms with Crippen LogP contribution in [0.4, 0.5) is 0 Å². The molecule has 0 saturated carbocycles. The average Bonchev–Trinajstić information content (AvgIpc) is 3.37. The third kappa shape index (κ3) is 5.03. The second-order valence-electron chi connectivity index (χ2n) is 7.28. The van der Waals surface area contributed by atoms with Crippen molar-refractivity contribution in [3.05, 3.63) is 58.7 Å². The predicted octanol–water partition coefficient (Wildman–Crippen LogP) is 3.54. The highest BCUT2D eigenvalue weighted by Gasteiger charge is 2.16. The maximum Gasteiger partial charge on any atom is 0.349 e. The zero-order valence-corrected chi connectivity index (χ0v) is 18.7. The molecule has 0 amide bonds. The first-order chi connectivity index (χ1) is 15.5. The second kappa shape index (κ2) is 10.4. The Morgan fingerprint density at radius 2 is 2.00 bits per heavy atom. The molecule has 9 heteroatoms. The third-order valence-corrected chi connectivity index (χ3v) is 5.10. The van der Waals surface area contributed by atoms with E-state index in [1.54, 1.807) is 17.9 Å². The molecule has 0 aliphatic heterocycles. The van der Waals surface area contributed by atoms with Crippen molar-refractivity contribution in [3.8, 4) is 17.5 Å². The van der Waals surface area contributed by atoms with Crippen LogP contribution < -0.4 is 4.74 Å². The lowest BCUT2D eigenvalue weighted by Crippen LogP contribution is -2.12. The smallest absolute Gasteiger partial charge is 0.349 e. The average molecular weight is 435 g/mol. The minimum atomic E-state index is -0.716. The van der Waals surface area contributed by atoms with Crippen LogP contribution in [0.25, 0.3) is 11.8 Å². The molecule has 0 N–H and O–H groups in total. The highest BCUT2D eigenvalue weighted by Crippen LogP contribution is 2.24. The van der Waals surface area contributed by atoms with Crippen molar-refractivity contribution in [2.75, 3.05) is 7.11 Å². The normalized spacial score (nSPS) is 11.3. The highest BCUT2D eigenvalue weighted by atomic mass is 16.5. The van der Waals surface area contributed by atoms with E-state index in [0.717, 1.165) is 41.2 Å². The molecule has 0 aliphatic carbocycles. The molecule has 0 fully saturated rings. The van der Waals surface area contributed by atoms with Gasteiger partial charge in [-0.1, -0.05) is 13.3 Å². The lowest BCUT2D eigenvalue weighted by Gasteiger charge is -2.10. The summed E-state index contributed by atoms with van der Waals surface area (Å²) < 4.78 is 14.2. The SMILES string of the molecule is CCCCn1nnnc1COC(=O)/C(C#N)=C/c1cc(C)n(-c2ccc(OC)cc2)c1C. The van der Waals surface area contributed by atoms with E-state index in [1.165, 1.54) is 0 Å². The number of esters is 1. The van der Waals surface area contributed by atoms with Gasteiger partial charge in [-0.05, 0) is 72.7 Å². The Bertz CT molecular complexity index is 1150. The zero-order chi connectivity index (χ0) is 23.1. The number of nitrogens with zero attached hydrogens (tertiary/aromatic N) is 6. The van der Waals surface area contributed by atoms with Crippen LogP contribution in [-0.4, -0.2) is 37.9 Å². The van der Waals surface area contributed by atoms with Crippen LogP contribution in [0.3, 0.4) is 0 Å². The maximum atomic E-state index is 12.5. The van der Waals surface area contributed by atoms with Crippen molar-refractivity contribution < 1.29 is 14.3 Å². The van der Waals surface area contributed by atoms with Crippen molar-refractivity contribution in [2.45, 2.75) is 46.8 Å². The number of aromatic nitrogens is 5. The molecular formula is C23H26N6O3. The summed E-state index contributed by atoms with van der Waals surface area (Å²) >= 11 is 0. The van der Waals surface area contributed by atoms with Crippen molar-refractivity contribution in [1.82, 2.24) is 24.8 Å². The standard InChI is InChI=1S/C23H26N6O3/c1-5-6-11-28-22(25-26-27-28)15-32-23(30)19(14-24)13-18-12-16(2)29(17(18)3)20-7-9-21(31-4)10-8-20/h7-10,12-13H,5-6,11,15H2,1-4H3/b19-13+. The summed E-state index contributed by atoms with van der Waals surface area (Å²) in [6, 6.07) is 11.5. The van der Waals surface area contributed by atoms with Crippen LogP contribution in [0.15, 0.2) is 35.9 Å². The van der Waals surface area contributed by atoms with Gasteiger partial charge in [-0.2, -0.15) is 5.26 Å². The molecule has 0 saturated heterocycles. The van der Waals surface area contributed by atoms with Gasteiger partial charge in [0, 0.05) is 23.6 Å². The number of benzene rings is 1. The van der Waals surface area contributed by atoms with E-state index in [1.807, 2.05) is 54.8 Å². The fourth-order valence-corrected chi connectivity index (χ4v) is 3.37. The van der Waals surface area contributed by atoms with Gasteiger partial charge in [0.25, 0.3) is 0 Å². The Hall–Kier alpha value is -3.93. The second-order valence-corrected chi connectivity index (χ2v) is 7.28. The molecule has 2 heterocycles. The molecule has 0 spiro atoms. The van der Waals surface area contributed by atoms with Crippen molar-refractivity contribution >= 4 is 12.0 Å². The fourth-order valence-electron chi connectivity index (χ4n) is 3.37. The number of carbonyl (C=O) groups is 1. The van der Waals surface area contributed by atoms with Crippen LogP contribution in [0.1, 0.15) is 42.5 Å². The Morgan fingerprint density at radius 1 is 1.25 bits per heavy atom. The summed E-state index contributed by atoms with van der Waals surface area (Å²) in [6.07, 6.45) is 3.46. The molecule has 0 unspecified atom stereocenters. The van der Waals surface area contributed by atoms with Gasteiger partial charge < -0.3 is 14.0 Å². The van der Waals surface area contributed by atoms with E-state index in [0.29, 0.717) is 12.4 Å². The predicted molar refractivity (Wildman–Crippen MR) is 118 cm³/mol.